The highest BCUT2D eigenvalue weighted by Gasteiger charge is 2.33. The van der Waals surface area contributed by atoms with Crippen LogP contribution in [0.4, 0.5) is 14.5 Å². The van der Waals surface area contributed by atoms with E-state index in [0.29, 0.717) is 12.1 Å². The summed E-state index contributed by atoms with van der Waals surface area (Å²) >= 11 is 0. The van der Waals surface area contributed by atoms with Crippen molar-refractivity contribution in [2.24, 2.45) is 5.92 Å². The van der Waals surface area contributed by atoms with Crippen LogP contribution in [0.5, 0.6) is 0 Å². The standard InChI is InChI=1S/C29H33F2N3O4S/c1-4-27(29(36)32-18-21(2)3)33(19-22-10-12-23(30)13-11-22)28(35)20-34(25-8-6-5-7-9-25)39(37,38)26-16-14-24(31)15-17-26/h5-17,21,27H,4,18-20H2,1-3H3,(H,32,36)/t27-/m1/s1. The summed E-state index contributed by atoms with van der Waals surface area (Å²) < 4.78 is 55.3. The molecule has 0 saturated heterocycles. The second-order valence-electron chi connectivity index (χ2n) is 9.51. The molecule has 0 fully saturated rings. The molecule has 3 aromatic carbocycles. The van der Waals surface area contributed by atoms with Crippen LogP contribution in [0.25, 0.3) is 0 Å². The first kappa shape index (κ1) is 29.8. The number of nitrogens with one attached hydrogen (secondary N) is 1. The fraction of sp³-hybridized carbons (Fsp3) is 0.310. The van der Waals surface area contributed by atoms with Crippen LogP contribution in [0.2, 0.25) is 0 Å². The lowest BCUT2D eigenvalue weighted by Gasteiger charge is -2.33. The number of anilines is 1. The normalized spacial score (nSPS) is 12.2. The van der Waals surface area contributed by atoms with E-state index in [0.717, 1.165) is 28.6 Å². The van der Waals surface area contributed by atoms with E-state index in [-0.39, 0.29) is 35.4 Å². The largest absolute Gasteiger partial charge is 0.354 e. The Kier molecular flexibility index (Phi) is 10.2. The summed E-state index contributed by atoms with van der Waals surface area (Å²) in [4.78, 5) is 28.2. The van der Waals surface area contributed by atoms with Gasteiger partial charge in [0.15, 0.2) is 0 Å². The summed E-state index contributed by atoms with van der Waals surface area (Å²) in [5, 5.41) is 2.85. The number of para-hydroxylation sites is 1. The average molecular weight is 558 g/mol. The molecular weight excluding hydrogens is 524 g/mol. The van der Waals surface area contributed by atoms with E-state index < -0.39 is 40.2 Å². The van der Waals surface area contributed by atoms with Crippen LogP contribution in [-0.2, 0) is 26.2 Å². The lowest BCUT2D eigenvalue weighted by molar-refractivity contribution is -0.140. The van der Waals surface area contributed by atoms with E-state index in [2.05, 4.69) is 5.32 Å². The van der Waals surface area contributed by atoms with Crippen LogP contribution in [-0.4, -0.2) is 44.3 Å². The molecule has 0 aliphatic carbocycles. The predicted molar refractivity (Wildman–Crippen MR) is 146 cm³/mol. The average Bonchev–Trinajstić information content (AvgIpc) is 2.92. The number of halogens is 2. The van der Waals surface area contributed by atoms with Gasteiger partial charge >= 0.3 is 0 Å². The van der Waals surface area contributed by atoms with E-state index in [1.165, 1.54) is 29.2 Å². The zero-order valence-electron chi connectivity index (χ0n) is 22.2. The van der Waals surface area contributed by atoms with E-state index in [1.807, 2.05) is 13.8 Å². The topological polar surface area (TPSA) is 86.8 Å². The van der Waals surface area contributed by atoms with Gasteiger partial charge in [-0.25, -0.2) is 17.2 Å². The molecule has 0 aliphatic heterocycles. The van der Waals surface area contributed by atoms with Gasteiger partial charge in [0.1, 0.15) is 24.2 Å². The molecule has 0 saturated carbocycles. The van der Waals surface area contributed by atoms with Crippen LogP contribution in [0.15, 0.2) is 83.8 Å². The molecule has 0 heterocycles. The number of benzene rings is 3. The second kappa shape index (κ2) is 13.3. The van der Waals surface area contributed by atoms with Crippen molar-refractivity contribution in [1.82, 2.24) is 10.2 Å². The van der Waals surface area contributed by atoms with Crippen molar-refractivity contribution in [1.29, 1.82) is 0 Å². The fourth-order valence-electron chi connectivity index (χ4n) is 3.99. The van der Waals surface area contributed by atoms with Crippen molar-refractivity contribution in [2.75, 3.05) is 17.4 Å². The fourth-order valence-corrected chi connectivity index (χ4v) is 5.40. The Morgan fingerprint density at radius 3 is 1.97 bits per heavy atom. The maximum absolute atomic E-state index is 13.9. The SMILES string of the molecule is CC[C@H](C(=O)NCC(C)C)N(Cc1ccc(F)cc1)C(=O)CN(c1ccccc1)S(=O)(=O)c1ccc(F)cc1. The number of nitrogens with zero attached hydrogens (tertiary/aromatic N) is 2. The second-order valence-corrected chi connectivity index (χ2v) is 11.4. The molecule has 0 spiro atoms. The van der Waals surface area contributed by atoms with Crippen LogP contribution in [0.3, 0.4) is 0 Å². The number of rotatable bonds is 12. The Hall–Kier alpha value is -3.79. The Morgan fingerprint density at radius 1 is 0.872 bits per heavy atom. The molecule has 3 rings (SSSR count). The Bertz CT molecular complexity index is 1350. The first-order valence-electron chi connectivity index (χ1n) is 12.7. The van der Waals surface area contributed by atoms with Crippen LogP contribution in [0, 0.1) is 17.6 Å². The molecule has 3 aromatic rings. The van der Waals surface area contributed by atoms with Gasteiger partial charge in [-0.05, 0) is 66.4 Å². The summed E-state index contributed by atoms with van der Waals surface area (Å²) in [5.74, 6) is -1.85. The third-order valence-electron chi connectivity index (χ3n) is 6.06. The highest BCUT2D eigenvalue weighted by atomic mass is 32.2. The van der Waals surface area contributed by atoms with Crippen molar-refractivity contribution >= 4 is 27.5 Å². The van der Waals surface area contributed by atoms with Gasteiger partial charge in [-0.15, -0.1) is 0 Å². The molecule has 2 amide bonds. The van der Waals surface area contributed by atoms with Crippen molar-refractivity contribution < 1.29 is 26.8 Å². The highest BCUT2D eigenvalue weighted by Crippen LogP contribution is 2.25. The zero-order chi connectivity index (χ0) is 28.6. The van der Waals surface area contributed by atoms with Gasteiger partial charge in [0.05, 0.1) is 10.6 Å². The molecule has 0 aliphatic rings. The van der Waals surface area contributed by atoms with E-state index in [4.69, 9.17) is 0 Å². The number of sulfonamides is 1. The molecule has 10 heteroatoms. The lowest BCUT2D eigenvalue weighted by atomic mass is 10.1. The molecule has 1 atom stereocenters. The van der Waals surface area contributed by atoms with Gasteiger partial charge < -0.3 is 10.2 Å². The molecule has 39 heavy (non-hydrogen) atoms. The maximum atomic E-state index is 13.9. The molecule has 1 N–H and O–H groups in total. The summed E-state index contributed by atoms with van der Waals surface area (Å²) in [6.45, 7) is 5.41. The first-order valence-corrected chi connectivity index (χ1v) is 14.1. The van der Waals surface area contributed by atoms with Gasteiger partial charge in [-0.1, -0.05) is 51.1 Å². The number of carbonyl (C=O) groups is 2. The van der Waals surface area contributed by atoms with E-state index in [1.54, 1.807) is 37.3 Å². The molecule has 7 nitrogen and oxygen atoms in total. The number of hydrogen-bond donors (Lipinski definition) is 1. The maximum Gasteiger partial charge on any atom is 0.264 e. The molecule has 0 unspecified atom stereocenters. The van der Waals surface area contributed by atoms with Crippen molar-refractivity contribution in [3.05, 3.63) is 96.1 Å². The minimum Gasteiger partial charge on any atom is -0.354 e. The third kappa shape index (κ3) is 7.86. The van der Waals surface area contributed by atoms with Gasteiger partial charge in [-0.3, -0.25) is 13.9 Å². The third-order valence-corrected chi connectivity index (χ3v) is 7.85. The van der Waals surface area contributed by atoms with Crippen molar-refractivity contribution in [2.45, 2.75) is 44.7 Å². The minimum atomic E-state index is -4.28. The van der Waals surface area contributed by atoms with E-state index >= 15 is 0 Å². The van der Waals surface area contributed by atoms with Crippen LogP contribution in [0.1, 0.15) is 32.8 Å². The number of amides is 2. The highest BCUT2D eigenvalue weighted by molar-refractivity contribution is 7.92. The summed E-state index contributed by atoms with van der Waals surface area (Å²) in [6.07, 6.45) is 0.271. The Balaban J connectivity index is 2.01. The zero-order valence-corrected chi connectivity index (χ0v) is 23.0. The molecule has 0 radical (unpaired) electrons. The van der Waals surface area contributed by atoms with Gasteiger partial charge in [0, 0.05) is 13.1 Å². The number of carbonyl (C=O) groups excluding carboxylic acids is 2. The minimum absolute atomic E-state index is 0.0358. The quantitative estimate of drug-likeness (QED) is 0.349. The summed E-state index contributed by atoms with van der Waals surface area (Å²) in [7, 11) is -4.28. The molecule has 208 valence electrons. The lowest BCUT2D eigenvalue weighted by Crippen LogP contribution is -2.52. The molecule has 0 bridgehead atoms. The van der Waals surface area contributed by atoms with Crippen molar-refractivity contribution in [3.8, 4) is 0 Å². The Labute approximate surface area is 228 Å². The molecular formula is C29H33F2N3O4S. The van der Waals surface area contributed by atoms with Crippen LogP contribution < -0.4 is 9.62 Å². The van der Waals surface area contributed by atoms with Crippen molar-refractivity contribution in [3.63, 3.8) is 0 Å². The molecule has 0 aromatic heterocycles. The predicted octanol–water partition coefficient (Wildman–Crippen LogP) is 4.74. The van der Waals surface area contributed by atoms with Gasteiger partial charge in [0.2, 0.25) is 11.8 Å². The first-order chi connectivity index (χ1) is 18.5. The van der Waals surface area contributed by atoms with Gasteiger partial charge in [-0.2, -0.15) is 0 Å². The van der Waals surface area contributed by atoms with Gasteiger partial charge in [0.25, 0.3) is 10.0 Å². The summed E-state index contributed by atoms with van der Waals surface area (Å²) in [6, 6.07) is 17.1. The number of hydrogen-bond acceptors (Lipinski definition) is 4. The van der Waals surface area contributed by atoms with E-state index in [9.17, 15) is 26.8 Å². The van der Waals surface area contributed by atoms with Crippen LogP contribution >= 0.6 is 0 Å². The monoisotopic (exact) mass is 557 g/mol. The summed E-state index contributed by atoms with van der Waals surface area (Å²) in [5.41, 5.74) is 0.807. The smallest absolute Gasteiger partial charge is 0.264 e. The Morgan fingerprint density at radius 2 is 1.44 bits per heavy atom.